The first kappa shape index (κ1) is 15.4. The van der Waals surface area contributed by atoms with Gasteiger partial charge in [-0.25, -0.2) is 0 Å². The predicted molar refractivity (Wildman–Crippen MR) is 82.0 cm³/mol. The van der Waals surface area contributed by atoms with Crippen LogP contribution in [0, 0.1) is 0 Å². The molecular formula is C13H18Br2OS. The molecule has 1 rings (SSSR count). The Hall–Kier alpha value is 0.330. The topological polar surface area (TPSA) is 17.1 Å². The van der Waals surface area contributed by atoms with E-state index in [1.54, 1.807) is 0 Å². The predicted octanol–water partition coefficient (Wildman–Crippen LogP) is 6.21. The lowest BCUT2D eigenvalue weighted by Gasteiger charge is -1.99. The number of ketones is 1. The molecule has 0 aliphatic carbocycles. The third kappa shape index (κ3) is 5.66. The summed E-state index contributed by atoms with van der Waals surface area (Å²) < 4.78 is 1.98. The van der Waals surface area contributed by atoms with Crippen LogP contribution in [0.25, 0.3) is 0 Å². The quantitative estimate of drug-likeness (QED) is 0.386. The first-order chi connectivity index (χ1) is 8.15. The molecule has 0 bridgehead atoms. The van der Waals surface area contributed by atoms with E-state index in [0.717, 1.165) is 19.6 Å². The highest BCUT2D eigenvalue weighted by Crippen LogP contribution is 2.33. The molecule has 0 N–H and O–H groups in total. The van der Waals surface area contributed by atoms with Crippen molar-refractivity contribution in [2.45, 2.75) is 51.9 Å². The van der Waals surface area contributed by atoms with E-state index in [0.29, 0.717) is 6.42 Å². The molecule has 1 aromatic heterocycles. The molecule has 0 spiro atoms. The van der Waals surface area contributed by atoms with Gasteiger partial charge in [-0.3, -0.25) is 4.79 Å². The number of hydrogen-bond donors (Lipinski definition) is 0. The van der Waals surface area contributed by atoms with Crippen LogP contribution in [-0.4, -0.2) is 5.78 Å². The van der Waals surface area contributed by atoms with E-state index in [9.17, 15) is 4.79 Å². The first-order valence-corrected chi connectivity index (χ1v) is 8.53. The summed E-state index contributed by atoms with van der Waals surface area (Å²) in [5, 5.41) is 0. The minimum atomic E-state index is 0.275. The van der Waals surface area contributed by atoms with Gasteiger partial charge in [0.15, 0.2) is 5.78 Å². The van der Waals surface area contributed by atoms with Crippen LogP contribution in [0.3, 0.4) is 0 Å². The van der Waals surface area contributed by atoms with Gasteiger partial charge in [0.05, 0.1) is 8.66 Å². The van der Waals surface area contributed by atoms with E-state index in [-0.39, 0.29) is 5.78 Å². The number of carbonyl (C=O) groups excluding carboxylic acids is 1. The van der Waals surface area contributed by atoms with Gasteiger partial charge >= 0.3 is 0 Å². The van der Waals surface area contributed by atoms with Crippen molar-refractivity contribution in [3.63, 3.8) is 0 Å². The molecule has 17 heavy (non-hydrogen) atoms. The van der Waals surface area contributed by atoms with Gasteiger partial charge in [0.25, 0.3) is 0 Å². The Bertz CT molecular complexity index is 341. The number of halogens is 2. The molecule has 0 amide bonds. The zero-order chi connectivity index (χ0) is 12.7. The lowest BCUT2D eigenvalue weighted by Crippen LogP contribution is -1.95. The second-order valence-corrected chi connectivity index (χ2v) is 7.40. The summed E-state index contributed by atoms with van der Waals surface area (Å²) in [5.41, 5.74) is 0. The molecule has 0 radical (unpaired) electrons. The Kier molecular flexibility index (Phi) is 7.64. The van der Waals surface area contributed by atoms with Gasteiger partial charge in [-0.2, -0.15) is 0 Å². The number of Topliss-reactive ketones (excluding diaryl/α,β-unsaturated/α-hetero) is 1. The fraction of sp³-hybridized carbons (Fsp3) is 0.615. The molecule has 0 saturated carbocycles. The molecule has 0 aliphatic rings. The van der Waals surface area contributed by atoms with Crippen LogP contribution in [0.15, 0.2) is 14.3 Å². The summed E-state index contributed by atoms with van der Waals surface area (Å²) in [6, 6.07) is 1.91. The maximum atomic E-state index is 11.9. The summed E-state index contributed by atoms with van der Waals surface area (Å²) in [7, 11) is 0. The van der Waals surface area contributed by atoms with Gasteiger partial charge in [0.2, 0.25) is 0 Å². The van der Waals surface area contributed by atoms with Gasteiger partial charge in [0.1, 0.15) is 0 Å². The lowest BCUT2D eigenvalue weighted by atomic mass is 10.1. The second kappa shape index (κ2) is 8.44. The highest BCUT2D eigenvalue weighted by Gasteiger charge is 2.11. The molecule has 0 saturated heterocycles. The monoisotopic (exact) mass is 380 g/mol. The van der Waals surface area contributed by atoms with E-state index >= 15 is 0 Å². The summed E-state index contributed by atoms with van der Waals surface area (Å²) in [6.07, 6.45) is 8.05. The SMILES string of the molecule is CCCCCCCCC(=O)c1cc(Br)c(Br)s1. The molecule has 0 fully saturated rings. The van der Waals surface area contributed by atoms with Crippen molar-refractivity contribution in [3.05, 3.63) is 19.2 Å². The van der Waals surface area contributed by atoms with Crippen molar-refractivity contribution in [2.75, 3.05) is 0 Å². The Morgan fingerprint density at radius 3 is 2.41 bits per heavy atom. The van der Waals surface area contributed by atoms with Gasteiger partial charge in [-0.05, 0) is 44.3 Å². The van der Waals surface area contributed by atoms with Crippen LogP contribution < -0.4 is 0 Å². The van der Waals surface area contributed by atoms with Crippen molar-refractivity contribution >= 4 is 49.0 Å². The van der Waals surface area contributed by atoms with E-state index in [1.165, 1.54) is 43.4 Å². The molecule has 4 heteroatoms. The molecule has 1 nitrogen and oxygen atoms in total. The number of hydrogen-bond acceptors (Lipinski definition) is 2. The van der Waals surface area contributed by atoms with Gasteiger partial charge in [0, 0.05) is 10.9 Å². The zero-order valence-electron chi connectivity index (χ0n) is 10.1. The zero-order valence-corrected chi connectivity index (χ0v) is 14.1. The van der Waals surface area contributed by atoms with Crippen LogP contribution in [0.1, 0.15) is 61.5 Å². The molecule has 0 atom stereocenters. The van der Waals surface area contributed by atoms with Crippen molar-refractivity contribution in [3.8, 4) is 0 Å². The van der Waals surface area contributed by atoms with Gasteiger partial charge in [-0.1, -0.05) is 39.0 Å². The van der Waals surface area contributed by atoms with Crippen LogP contribution in [0.2, 0.25) is 0 Å². The number of unbranched alkanes of at least 4 members (excludes halogenated alkanes) is 5. The Balaban J connectivity index is 2.21. The molecule has 0 unspecified atom stereocenters. The lowest BCUT2D eigenvalue weighted by molar-refractivity contribution is 0.0983. The Labute approximate surface area is 124 Å². The van der Waals surface area contributed by atoms with E-state index in [1.807, 2.05) is 6.07 Å². The average Bonchev–Trinajstić information content (AvgIpc) is 2.64. The van der Waals surface area contributed by atoms with Crippen molar-refractivity contribution in [2.24, 2.45) is 0 Å². The van der Waals surface area contributed by atoms with E-state index in [4.69, 9.17) is 0 Å². The minimum absolute atomic E-state index is 0.275. The largest absolute Gasteiger partial charge is 0.293 e. The molecule has 0 aliphatic heterocycles. The smallest absolute Gasteiger partial charge is 0.172 e. The summed E-state index contributed by atoms with van der Waals surface area (Å²) in [4.78, 5) is 12.7. The fourth-order valence-corrected chi connectivity index (χ4v) is 3.68. The van der Waals surface area contributed by atoms with E-state index in [2.05, 4.69) is 38.8 Å². The van der Waals surface area contributed by atoms with Gasteiger partial charge in [-0.15, -0.1) is 11.3 Å². The Morgan fingerprint density at radius 1 is 1.18 bits per heavy atom. The second-order valence-electron chi connectivity index (χ2n) is 4.17. The summed E-state index contributed by atoms with van der Waals surface area (Å²) in [6.45, 7) is 2.22. The molecule has 0 aromatic carbocycles. The van der Waals surface area contributed by atoms with Crippen molar-refractivity contribution in [1.29, 1.82) is 0 Å². The third-order valence-electron chi connectivity index (χ3n) is 2.68. The third-order valence-corrected chi connectivity index (χ3v) is 5.97. The normalized spacial score (nSPS) is 10.8. The molecule has 1 aromatic rings. The first-order valence-electron chi connectivity index (χ1n) is 6.13. The molecule has 96 valence electrons. The van der Waals surface area contributed by atoms with Crippen LogP contribution in [0.4, 0.5) is 0 Å². The number of rotatable bonds is 8. The fourth-order valence-electron chi connectivity index (χ4n) is 1.67. The van der Waals surface area contributed by atoms with Crippen molar-refractivity contribution in [1.82, 2.24) is 0 Å². The average molecular weight is 382 g/mol. The molecule has 1 heterocycles. The summed E-state index contributed by atoms with van der Waals surface area (Å²) >= 11 is 8.33. The maximum absolute atomic E-state index is 11.9. The highest BCUT2D eigenvalue weighted by atomic mass is 79.9. The summed E-state index contributed by atoms with van der Waals surface area (Å²) in [5.74, 6) is 0.275. The number of carbonyl (C=O) groups is 1. The number of thiophene rings is 1. The van der Waals surface area contributed by atoms with Crippen LogP contribution >= 0.6 is 43.2 Å². The van der Waals surface area contributed by atoms with Crippen molar-refractivity contribution < 1.29 is 4.79 Å². The van der Waals surface area contributed by atoms with Crippen LogP contribution in [-0.2, 0) is 0 Å². The Morgan fingerprint density at radius 2 is 1.82 bits per heavy atom. The maximum Gasteiger partial charge on any atom is 0.172 e. The van der Waals surface area contributed by atoms with Gasteiger partial charge < -0.3 is 0 Å². The molecular weight excluding hydrogens is 364 g/mol. The van der Waals surface area contributed by atoms with Crippen LogP contribution in [0.5, 0.6) is 0 Å². The standard InChI is InChI=1S/C13H18Br2OS/c1-2-3-4-5-6-7-8-11(16)12-9-10(14)13(15)17-12/h9H,2-8H2,1H3. The minimum Gasteiger partial charge on any atom is -0.293 e. The van der Waals surface area contributed by atoms with E-state index < -0.39 is 0 Å². The highest BCUT2D eigenvalue weighted by molar-refractivity contribution is 9.13.